The van der Waals surface area contributed by atoms with Crippen molar-refractivity contribution in [1.82, 2.24) is 10.2 Å². The Morgan fingerprint density at radius 3 is 2.33 bits per heavy atom. The highest BCUT2D eigenvalue weighted by atomic mass is 35.5. The summed E-state index contributed by atoms with van der Waals surface area (Å²) in [6.07, 6.45) is 0.314. The van der Waals surface area contributed by atoms with E-state index < -0.39 is 17.5 Å². The first kappa shape index (κ1) is 18.7. The number of amides is 1. The second-order valence-corrected chi connectivity index (χ2v) is 7.43. The van der Waals surface area contributed by atoms with E-state index in [1.54, 1.807) is 37.8 Å². The molecule has 1 unspecified atom stereocenters. The first-order valence-electron chi connectivity index (χ1n) is 8.23. The van der Waals surface area contributed by atoms with Crippen LogP contribution in [-0.2, 0) is 20.7 Å². The number of carbonyl (C=O) groups is 2. The van der Waals surface area contributed by atoms with Crippen LogP contribution in [-0.4, -0.2) is 48.6 Å². The molecule has 0 aliphatic carbocycles. The van der Waals surface area contributed by atoms with Gasteiger partial charge in [0.15, 0.2) is 0 Å². The minimum atomic E-state index is -0.830. The molecule has 1 aromatic carbocycles. The van der Waals surface area contributed by atoms with Gasteiger partial charge in [-0.15, -0.1) is 0 Å². The van der Waals surface area contributed by atoms with Crippen molar-refractivity contribution in [2.75, 3.05) is 26.2 Å². The van der Waals surface area contributed by atoms with E-state index in [-0.39, 0.29) is 5.91 Å². The van der Waals surface area contributed by atoms with E-state index >= 15 is 0 Å². The Labute approximate surface area is 148 Å². The number of hydrogen-bond donors (Lipinski definition) is 1. The number of hydrogen-bond acceptors (Lipinski definition) is 4. The van der Waals surface area contributed by atoms with Gasteiger partial charge in [-0.05, 0) is 44.9 Å². The average Bonchev–Trinajstić information content (AvgIpc) is 2.53. The fourth-order valence-electron chi connectivity index (χ4n) is 2.61. The Bertz CT molecular complexity index is 575. The minimum absolute atomic E-state index is 0.166. The van der Waals surface area contributed by atoms with Crippen LogP contribution in [0.5, 0.6) is 0 Å². The molecule has 1 fully saturated rings. The summed E-state index contributed by atoms with van der Waals surface area (Å²) in [5.74, 6) is -1.47. The van der Waals surface area contributed by atoms with Gasteiger partial charge in [-0.3, -0.25) is 9.59 Å². The zero-order valence-electron chi connectivity index (χ0n) is 14.5. The maximum absolute atomic E-state index is 12.9. The van der Waals surface area contributed by atoms with E-state index in [0.717, 1.165) is 18.7 Å². The number of carbonyl (C=O) groups excluding carboxylic acids is 2. The van der Waals surface area contributed by atoms with Crippen LogP contribution in [0.4, 0.5) is 0 Å². The standard InChI is InChI=1S/C18H25ClN2O3/c1-18(2,3)24-17(23)15(12-13-4-6-14(19)7-5-13)16(22)21-10-8-20-9-11-21/h4-7,15,20H,8-12H2,1-3H3. The van der Waals surface area contributed by atoms with E-state index in [1.807, 2.05) is 12.1 Å². The Balaban J connectivity index is 2.17. The third-order valence-electron chi connectivity index (χ3n) is 3.77. The summed E-state index contributed by atoms with van der Waals surface area (Å²) in [6.45, 7) is 8.12. The van der Waals surface area contributed by atoms with Crippen molar-refractivity contribution in [3.63, 3.8) is 0 Å². The van der Waals surface area contributed by atoms with Gasteiger partial charge in [0.2, 0.25) is 5.91 Å². The molecule has 1 heterocycles. The SMILES string of the molecule is CC(C)(C)OC(=O)C(Cc1ccc(Cl)cc1)C(=O)N1CCNCC1. The van der Waals surface area contributed by atoms with Crippen LogP contribution in [0.3, 0.4) is 0 Å². The third kappa shape index (κ3) is 5.49. The maximum Gasteiger partial charge on any atom is 0.319 e. The fourth-order valence-corrected chi connectivity index (χ4v) is 2.73. The summed E-state index contributed by atoms with van der Waals surface area (Å²) in [4.78, 5) is 27.2. The highest BCUT2D eigenvalue weighted by Crippen LogP contribution is 2.19. The van der Waals surface area contributed by atoms with E-state index in [0.29, 0.717) is 24.5 Å². The van der Waals surface area contributed by atoms with Crippen molar-refractivity contribution >= 4 is 23.5 Å². The topological polar surface area (TPSA) is 58.6 Å². The lowest BCUT2D eigenvalue weighted by Gasteiger charge is -2.31. The van der Waals surface area contributed by atoms with Crippen LogP contribution in [0.25, 0.3) is 0 Å². The van der Waals surface area contributed by atoms with Crippen molar-refractivity contribution in [3.8, 4) is 0 Å². The van der Waals surface area contributed by atoms with Crippen molar-refractivity contribution < 1.29 is 14.3 Å². The molecule has 1 atom stereocenters. The van der Waals surface area contributed by atoms with E-state index in [1.165, 1.54) is 0 Å². The summed E-state index contributed by atoms with van der Waals surface area (Å²) in [6, 6.07) is 7.20. The molecule has 0 spiro atoms. The molecule has 1 amide bonds. The zero-order chi connectivity index (χ0) is 17.7. The predicted molar refractivity (Wildman–Crippen MR) is 93.9 cm³/mol. The molecule has 1 aliphatic rings. The normalized spacial score (nSPS) is 16.6. The predicted octanol–water partition coefficient (Wildman–Crippen LogP) is 2.27. The lowest BCUT2D eigenvalue weighted by atomic mass is 9.97. The molecule has 0 bridgehead atoms. The Morgan fingerprint density at radius 1 is 1.21 bits per heavy atom. The first-order valence-corrected chi connectivity index (χ1v) is 8.61. The zero-order valence-corrected chi connectivity index (χ0v) is 15.2. The second-order valence-electron chi connectivity index (χ2n) is 6.99. The van der Waals surface area contributed by atoms with Crippen LogP contribution >= 0.6 is 11.6 Å². The van der Waals surface area contributed by atoms with Gasteiger partial charge in [0.1, 0.15) is 11.5 Å². The van der Waals surface area contributed by atoms with E-state index in [9.17, 15) is 9.59 Å². The Morgan fingerprint density at radius 2 is 1.79 bits per heavy atom. The molecular formula is C18H25ClN2O3. The van der Waals surface area contributed by atoms with Gasteiger partial charge < -0.3 is 15.0 Å². The molecule has 0 radical (unpaired) electrons. The van der Waals surface area contributed by atoms with Gasteiger partial charge in [0.05, 0.1) is 0 Å². The summed E-state index contributed by atoms with van der Waals surface area (Å²) >= 11 is 5.91. The highest BCUT2D eigenvalue weighted by Gasteiger charge is 2.34. The highest BCUT2D eigenvalue weighted by molar-refractivity contribution is 6.30. The molecule has 0 saturated carbocycles. The Kier molecular flexibility index (Phi) is 6.24. The van der Waals surface area contributed by atoms with Gasteiger partial charge in [-0.1, -0.05) is 23.7 Å². The molecule has 1 N–H and O–H groups in total. The third-order valence-corrected chi connectivity index (χ3v) is 4.02. The molecule has 5 nitrogen and oxygen atoms in total. The van der Waals surface area contributed by atoms with Crippen LogP contribution in [0.1, 0.15) is 26.3 Å². The largest absolute Gasteiger partial charge is 0.459 e. The number of esters is 1. The molecule has 1 aliphatic heterocycles. The number of ether oxygens (including phenoxy) is 1. The maximum atomic E-state index is 12.9. The lowest BCUT2D eigenvalue weighted by Crippen LogP contribution is -2.50. The van der Waals surface area contributed by atoms with Gasteiger partial charge in [-0.25, -0.2) is 0 Å². The number of benzene rings is 1. The van der Waals surface area contributed by atoms with Crippen molar-refractivity contribution in [1.29, 1.82) is 0 Å². The van der Waals surface area contributed by atoms with Gasteiger partial charge >= 0.3 is 5.97 Å². The molecule has 0 aromatic heterocycles. The second kappa shape index (κ2) is 7.99. The first-order chi connectivity index (χ1) is 11.3. The number of piperazine rings is 1. The fraction of sp³-hybridized carbons (Fsp3) is 0.556. The number of nitrogens with zero attached hydrogens (tertiary/aromatic N) is 1. The summed E-state index contributed by atoms with van der Waals surface area (Å²) in [5, 5.41) is 3.83. The molecule has 1 aromatic rings. The monoisotopic (exact) mass is 352 g/mol. The number of rotatable bonds is 4. The molecule has 2 rings (SSSR count). The van der Waals surface area contributed by atoms with E-state index in [4.69, 9.17) is 16.3 Å². The molecular weight excluding hydrogens is 328 g/mol. The van der Waals surface area contributed by atoms with Crippen LogP contribution in [0, 0.1) is 5.92 Å². The van der Waals surface area contributed by atoms with Gasteiger partial charge in [0.25, 0.3) is 0 Å². The van der Waals surface area contributed by atoms with Crippen LogP contribution < -0.4 is 5.32 Å². The molecule has 1 saturated heterocycles. The quantitative estimate of drug-likeness (QED) is 0.667. The van der Waals surface area contributed by atoms with Crippen LogP contribution in [0.2, 0.25) is 5.02 Å². The van der Waals surface area contributed by atoms with Crippen molar-refractivity contribution in [2.24, 2.45) is 5.92 Å². The summed E-state index contributed by atoms with van der Waals surface area (Å²) in [7, 11) is 0. The van der Waals surface area contributed by atoms with Crippen LogP contribution in [0.15, 0.2) is 24.3 Å². The molecule has 6 heteroatoms. The van der Waals surface area contributed by atoms with Gasteiger partial charge in [-0.2, -0.15) is 0 Å². The summed E-state index contributed by atoms with van der Waals surface area (Å²) in [5.41, 5.74) is 0.262. The summed E-state index contributed by atoms with van der Waals surface area (Å²) < 4.78 is 5.48. The van der Waals surface area contributed by atoms with E-state index in [2.05, 4.69) is 5.32 Å². The number of nitrogens with one attached hydrogen (secondary N) is 1. The molecule has 132 valence electrons. The number of halogens is 1. The lowest BCUT2D eigenvalue weighted by molar-refractivity contribution is -0.165. The smallest absolute Gasteiger partial charge is 0.319 e. The minimum Gasteiger partial charge on any atom is -0.459 e. The average molecular weight is 353 g/mol. The van der Waals surface area contributed by atoms with Crippen molar-refractivity contribution in [2.45, 2.75) is 32.8 Å². The van der Waals surface area contributed by atoms with Crippen molar-refractivity contribution in [3.05, 3.63) is 34.9 Å². The Hall–Kier alpha value is -1.59. The molecule has 24 heavy (non-hydrogen) atoms. The van der Waals surface area contributed by atoms with Gasteiger partial charge in [0, 0.05) is 31.2 Å².